The van der Waals surface area contributed by atoms with Crippen molar-refractivity contribution < 1.29 is 35.9 Å². The molecule has 238 valence electrons. The molecule has 2 aromatic carbocycles. The molecular formula is C33H37F6N3O2. The van der Waals surface area contributed by atoms with Gasteiger partial charge in [-0.2, -0.15) is 26.3 Å². The lowest BCUT2D eigenvalue weighted by Gasteiger charge is -2.44. The predicted octanol–water partition coefficient (Wildman–Crippen LogP) is 6.66. The standard InChI is InChI=1S/C33H37F6N3O2/c34-32(35,36)25-17-24(18-26(19-25)33(37,38)39)30(44)42-12-8-27(20-28(42)16-22-4-2-1-3-5-22)41-15-11-31(21-41)9-13-40(14-10-31)29(43)23-6-7-23/h1-5,17-19,23,27-28H,6-16,20-21H2/t27-,28+/m0/s1. The quantitative estimate of drug-likeness (QED) is 0.351. The first-order chi connectivity index (χ1) is 20.8. The van der Waals surface area contributed by atoms with Crippen LogP contribution in [0.4, 0.5) is 26.3 Å². The Morgan fingerprint density at radius 2 is 1.41 bits per heavy atom. The Kier molecular flexibility index (Phi) is 8.22. The zero-order valence-corrected chi connectivity index (χ0v) is 24.5. The van der Waals surface area contributed by atoms with Crippen LogP contribution in [0.1, 0.15) is 72.0 Å². The maximum atomic E-state index is 13.7. The summed E-state index contributed by atoms with van der Waals surface area (Å²) in [7, 11) is 0. The summed E-state index contributed by atoms with van der Waals surface area (Å²) >= 11 is 0. The number of hydrogen-bond acceptors (Lipinski definition) is 3. The molecule has 1 saturated carbocycles. The second kappa shape index (κ2) is 11.7. The summed E-state index contributed by atoms with van der Waals surface area (Å²) in [6.45, 7) is 3.60. The highest BCUT2D eigenvalue weighted by Gasteiger charge is 2.46. The minimum absolute atomic E-state index is 0.0556. The Morgan fingerprint density at radius 1 is 0.795 bits per heavy atom. The van der Waals surface area contributed by atoms with Gasteiger partial charge < -0.3 is 9.80 Å². The summed E-state index contributed by atoms with van der Waals surface area (Å²) in [5.41, 5.74) is -2.48. The van der Waals surface area contributed by atoms with E-state index in [1.807, 2.05) is 35.2 Å². The van der Waals surface area contributed by atoms with Crippen LogP contribution < -0.4 is 0 Å². The molecule has 44 heavy (non-hydrogen) atoms. The SMILES string of the molecule is O=C(C1CC1)N1CCC2(CC1)CCN([C@H]1CCN(C(=O)c3cc(C(F)(F)F)cc(C(F)(F)F)c3)[C@H](Cc3ccccc3)C1)C2. The minimum Gasteiger partial charge on any atom is -0.342 e. The summed E-state index contributed by atoms with van der Waals surface area (Å²) in [6.07, 6.45) is -3.49. The van der Waals surface area contributed by atoms with Gasteiger partial charge in [0.15, 0.2) is 0 Å². The molecule has 4 aliphatic rings. The van der Waals surface area contributed by atoms with E-state index < -0.39 is 35.0 Å². The minimum atomic E-state index is -5.03. The lowest BCUT2D eigenvalue weighted by molar-refractivity contribution is -0.143. The second-order valence-corrected chi connectivity index (χ2v) is 13.1. The third kappa shape index (κ3) is 6.62. The molecule has 3 saturated heterocycles. The van der Waals surface area contributed by atoms with E-state index >= 15 is 0 Å². The van der Waals surface area contributed by atoms with Crippen molar-refractivity contribution in [3.05, 3.63) is 70.8 Å². The van der Waals surface area contributed by atoms with Gasteiger partial charge in [0.05, 0.1) is 11.1 Å². The van der Waals surface area contributed by atoms with Gasteiger partial charge in [0.2, 0.25) is 5.91 Å². The van der Waals surface area contributed by atoms with E-state index in [1.165, 1.54) is 4.90 Å². The van der Waals surface area contributed by atoms with Gasteiger partial charge in [-0.05, 0) is 87.1 Å². The fraction of sp³-hybridized carbons (Fsp3) is 0.576. The van der Waals surface area contributed by atoms with Crippen molar-refractivity contribution in [3.63, 3.8) is 0 Å². The summed E-state index contributed by atoms with van der Waals surface area (Å²) < 4.78 is 81.4. The Labute approximate surface area is 253 Å². The lowest BCUT2D eigenvalue weighted by atomic mass is 9.77. The van der Waals surface area contributed by atoms with Crippen molar-refractivity contribution >= 4 is 11.8 Å². The van der Waals surface area contributed by atoms with Crippen molar-refractivity contribution in [2.24, 2.45) is 11.3 Å². The van der Waals surface area contributed by atoms with Crippen LogP contribution in [0, 0.1) is 11.3 Å². The second-order valence-electron chi connectivity index (χ2n) is 13.1. The molecule has 1 spiro atoms. The molecule has 5 nitrogen and oxygen atoms in total. The molecule has 0 N–H and O–H groups in total. The number of carbonyl (C=O) groups is 2. The van der Waals surface area contributed by atoms with Crippen LogP contribution in [-0.4, -0.2) is 71.3 Å². The van der Waals surface area contributed by atoms with Gasteiger partial charge in [0, 0.05) is 49.7 Å². The number of nitrogens with zero attached hydrogens (tertiary/aromatic N) is 3. The van der Waals surface area contributed by atoms with Gasteiger partial charge in [0.1, 0.15) is 0 Å². The van der Waals surface area contributed by atoms with Crippen LogP contribution in [0.2, 0.25) is 0 Å². The number of hydrogen-bond donors (Lipinski definition) is 0. The third-order valence-corrected chi connectivity index (χ3v) is 10.1. The first-order valence-electron chi connectivity index (χ1n) is 15.5. The molecular weight excluding hydrogens is 584 g/mol. The van der Waals surface area contributed by atoms with Gasteiger partial charge in [0.25, 0.3) is 5.91 Å². The predicted molar refractivity (Wildman–Crippen MR) is 152 cm³/mol. The maximum Gasteiger partial charge on any atom is 0.416 e. The molecule has 4 fully saturated rings. The van der Waals surface area contributed by atoms with Crippen LogP contribution in [0.15, 0.2) is 48.5 Å². The first kappa shape index (κ1) is 30.9. The van der Waals surface area contributed by atoms with Crippen molar-refractivity contribution in [1.82, 2.24) is 14.7 Å². The van der Waals surface area contributed by atoms with E-state index in [1.54, 1.807) is 0 Å². The number of carbonyl (C=O) groups excluding carboxylic acids is 2. The Bertz CT molecular complexity index is 1330. The Morgan fingerprint density at radius 3 is 2.00 bits per heavy atom. The molecule has 0 unspecified atom stereocenters. The summed E-state index contributed by atoms with van der Waals surface area (Å²) in [5, 5.41) is 0. The molecule has 3 heterocycles. The van der Waals surface area contributed by atoms with Gasteiger partial charge in [-0.1, -0.05) is 30.3 Å². The highest BCUT2D eigenvalue weighted by Crippen LogP contribution is 2.44. The van der Waals surface area contributed by atoms with E-state index in [2.05, 4.69) is 4.90 Å². The van der Waals surface area contributed by atoms with Crippen molar-refractivity contribution in [2.75, 3.05) is 32.7 Å². The third-order valence-electron chi connectivity index (χ3n) is 10.1. The number of piperidine rings is 2. The monoisotopic (exact) mass is 621 g/mol. The average Bonchev–Trinajstić information content (AvgIpc) is 3.77. The topological polar surface area (TPSA) is 43.9 Å². The molecule has 3 aliphatic heterocycles. The zero-order chi connectivity index (χ0) is 31.3. The van der Waals surface area contributed by atoms with E-state index in [0.717, 1.165) is 63.8 Å². The Balaban J connectivity index is 1.19. The van der Waals surface area contributed by atoms with Gasteiger partial charge in [-0.15, -0.1) is 0 Å². The highest BCUT2D eigenvalue weighted by molar-refractivity contribution is 5.95. The largest absolute Gasteiger partial charge is 0.416 e. The summed E-state index contributed by atoms with van der Waals surface area (Å²) in [5.74, 6) is -0.306. The number of amides is 2. The van der Waals surface area contributed by atoms with Gasteiger partial charge in [-0.3, -0.25) is 14.5 Å². The van der Waals surface area contributed by atoms with Crippen molar-refractivity contribution in [1.29, 1.82) is 0 Å². The van der Waals surface area contributed by atoms with Crippen molar-refractivity contribution in [3.8, 4) is 0 Å². The highest BCUT2D eigenvalue weighted by atomic mass is 19.4. The van der Waals surface area contributed by atoms with Crippen molar-refractivity contribution in [2.45, 2.75) is 75.8 Å². The molecule has 0 aromatic heterocycles. The number of halogens is 6. The molecule has 2 atom stereocenters. The number of alkyl halides is 6. The van der Waals surface area contributed by atoms with E-state index in [0.29, 0.717) is 37.3 Å². The van der Waals surface area contributed by atoms with Crippen LogP contribution in [0.5, 0.6) is 0 Å². The smallest absolute Gasteiger partial charge is 0.342 e. The fourth-order valence-electron chi connectivity index (χ4n) is 7.43. The zero-order valence-electron chi connectivity index (χ0n) is 24.5. The van der Waals surface area contributed by atoms with Crippen LogP contribution in [0.3, 0.4) is 0 Å². The molecule has 11 heteroatoms. The average molecular weight is 622 g/mol. The molecule has 0 radical (unpaired) electrons. The lowest BCUT2D eigenvalue weighted by Crippen LogP contribution is -2.53. The van der Waals surface area contributed by atoms with E-state index in [-0.39, 0.29) is 36.0 Å². The Hall–Kier alpha value is -3.08. The molecule has 1 aliphatic carbocycles. The van der Waals surface area contributed by atoms with Crippen LogP contribution in [0.25, 0.3) is 0 Å². The van der Waals surface area contributed by atoms with E-state index in [9.17, 15) is 35.9 Å². The van der Waals surface area contributed by atoms with Crippen LogP contribution >= 0.6 is 0 Å². The molecule has 2 amide bonds. The van der Waals surface area contributed by atoms with Crippen LogP contribution in [-0.2, 0) is 23.6 Å². The first-order valence-corrected chi connectivity index (χ1v) is 15.5. The van der Waals surface area contributed by atoms with Gasteiger partial charge in [-0.25, -0.2) is 0 Å². The number of benzene rings is 2. The summed E-state index contributed by atoms with van der Waals surface area (Å²) in [4.78, 5) is 32.2. The maximum absolute atomic E-state index is 13.7. The molecule has 2 aromatic rings. The molecule has 0 bridgehead atoms. The number of likely N-dealkylation sites (tertiary alicyclic amines) is 3. The fourth-order valence-corrected chi connectivity index (χ4v) is 7.43. The van der Waals surface area contributed by atoms with Gasteiger partial charge >= 0.3 is 12.4 Å². The normalized spacial score (nSPS) is 24.6. The summed E-state index contributed by atoms with van der Waals surface area (Å²) in [6, 6.07) is 10.3. The van der Waals surface area contributed by atoms with E-state index in [4.69, 9.17) is 0 Å². The number of rotatable bonds is 5. The molecule has 6 rings (SSSR count).